The van der Waals surface area contributed by atoms with Crippen LogP contribution in [0.5, 0.6) is 0 Å². The Morgan fingerprint density at radius 3 is 2.36 bits per heavy atom. The minimum absolute atomic E-state index is 0.0398. The molecule has 0 unspecified atom stereocenters. The molecule has 3 atom stereocenters. The van der Waals surface area contributed by atoms with E-state index in [1.54, 1.807) is 0 Å². The number of ether oxygens (including phenoxy) is 1. The second-order valence-corrected chi connectivity index (χ2v) is 9.24. The smallest absolute Gasteiger partial charge is 0.306 e. The van der Waals surface area contributed by atoms with Crippen molar-refractivity contribution in [2.75, 3.05) is 0 Å². The molecule has 2 heteroatoms. The molecule has 22 heavy (non-hydrogen) atoms. The summed E-state index contributed by atoms with van der Waals surface area (Å²) in [6.45, 7) is 10.8. The van der Waals surface area contributed by atoms with Crippen LogP contribution in [-0.2, 0) is 9.53 Å². The number of hydrogen-bond donors (Lipinski definition) is 0. The monoisotopic (exact) mass is 308 g/mol. The maximum Gasteiger partial charge on any atom is 0.306 e. The Kier molecular flexibility index (Phi) is 5.61. The van der Waals surface area contributed by atoms with Gasteiger partial charge in [0.2, 0.25) is 0 Å². The number of hydrogen-bond acceptors (Lipinski definition) is 2. The van der Waals surface area contributed by atoms with Gasteiger partial charge in [-0.05, 0) is 69.6 Å². The Balaban J connectivity index is 1.52. The van der Waals surface area contributed by atoms with Crippen LogP contribution in [0.25, 0.3) is 0 Å². The molecule has 3 saturated carbocycles. The van der Waals surface area contributed by atoms with Crippen molar-refractivity contribution in [1.82, 2.24) is 0 Å². The first-order valence-corrected chi connectivity index (χ1v) is 9.42. The van der Waals surface area contributed by atoms with Crippen LogP contribution in [-0.4, -0.2) is 11.6 Å². The summed E-state index contributed by atoms with van der Waals surface area (Å²) in [6.07, 6.45) is 11.2. The Hall–Kier alpha value is -0.530. The Labute approximate surface area is 137 Å². The van der Waals surface area contributed by atoms with Crippen molar-refractivity contribution in [3.05, 3.63) is 0 Å². The minimum Gasteiger partial charge on any atom is -0.460 e. The summed E-state index contributed by atoms with van der Waals surface area (Å²) in [5.74, 6) is 2.95. The van der Waals surface area contributed by atoms with E-state index in [1.165, 1.54) is 44.9 Å². The number of rotatable bonds is 7. The molecule has 0 N–H and O–H groups in total. The van der Waals surface area contributed by atoms with Crippen molar-refractivity contribution in [3.63, 3.8) is 0 Å². The lowest BCUT2D eigenvalue weighted by Crippen LogP contribution is -2.52. The minimum atomic E-state index is -0.342. The van der Waals surface area contributed by atoms with Crippen molar-refractivity contribution >= 4 is 5.97 Å². The van der Waals surface area contributed by atoms with Gasteiger partial charge in [-0.15, -0.1) is 0 Å². The summed E-state index contributed by atoms with van der Waals surface area (Å²) in [4.78, 5) is 11.6. The van der Waals surface area contributed by atoms with Crippen LogP contribution in [0.3, 0.4) is 0 Å². The molecule has 0 spiro atoms. The first-order chi connectivity index (χ1) is 10.2. The van der Waals surface area contributed by atoms with Gasteiger partial charge >= 0.3 is 5.97 Å². The van der Waals surface area contributed by atoms with E-state index in [1.807, 2.05) is 20.8 Å². The van der Waals surface area contributed by atoms with Crippen molar-refractivity contribution in [2.45, 2.75) is 98.0 Å². The van der Waals surface area contributed by atoms with Crippen molar-refractivity contribution in [2.24, 2.45) is 23.2 Å². The van der Waals surface area contributed by atoms with Gasteiger partial charge in [-0.1, -0.05) is 39.5 Å². The highest BCUT2D eigenvalue weighted by molar-refractivity contribution is 5.69. The van der Waals surface area contributed by atoms with Crippen LogP contribution >= 0.6 is 0 Å². The van der Waals surface area contributed by atoms with Crippen LogP contribution in [0, 0.1) is 23.2 Å². The molecule has 0 aromatic rings. The maximum absolute atomic E-state index is 11.6. The molecule has 0 aliphatic heterocycles. The maximum atomic E-state index is 11.6. The Morgan fingerprint density at radius 1 is 1.09 bits per heavy atom. The summed E-state index contributed by atoms with van der Waals surface area (Å²) in [5.41, 5.74) is 0.283. The Morgan fingerprint density at radius 2 is 1.77 bits per heavy atom. The fourth-order valence-corrected chi connectivity index (χ4v) is 4.73. The molecule has 3 aliphatic rings. The molecular weight excluding hydrogens is 272 g/mol. The van der Waals surface area contributed by atoms with Crippen LogP contribution in [0.15, 0.2) is 0 Å². The highest BCUT2D eigenvalue weighted by atomic mass is 16.6. The molecular formula is C20H36O2. The number of fused-ring (bicyclic) bond motifs is 2. The molecule has 0 aromatic carbocycles. The molecule has 3 aliphatic carbocycles. The molecule has 3 fully saturated rings. The predicted molar refractivity (Wildman–Crippen MR) is 91.6 cm³/mol. The standard InChI is InChI=1S/C20H36O2/c1-19(2,3)22-18(21)11-9-7-6-8-10-15-12-13-16-14-17(15)20(16,4)5/h15-17H,6-14H2,1-5H3/t15-,16+,17+/m1/s1. The zero-order valence-electron chi connectivity index (χ0n) is 15.4. The number of carbonyl (C=O) groups excluding carboxylic acids is 1. The van der Waals surface area contributed by atoms with Gasteiger partial charge in [0.15, 0.2) is 0 Å². The largest absolute Gasteiger partial charge is 0.460 e. The van der Waals surface area contributed by atoms with Gasteiger partial charge < -0.3 is 4.74 Å². The van der Waals surface area contributed by atoms with Crippen LogP contribution < -0.4 is 0 Å². The number of unbranched alkanes of at least 4 members (excludes halogenated alkanes) is 3. The SMILES string of the molecule is CC(C)(C)OC(=O)CCCCCC[C@@H]1CC[C@H]2C[C@@H]1C2(C)C. The predicted octanol–water partition coefficient (Wildman–Crippen LogP) is 5.74. The van der Waals surface area contributed by atoms with E-state index in [-0.39, 0.29) is 11.6 Å². The van der Waals surface area contributed by atoms with Crippen molar-refractivity contribution in [3.8, 4) is 0 Å². The number of esters is 1. The molecule has 0 aromatic heterocycles. The van der Waals surface area contributed by atoms with Gasteiger partial charge in [0.1, 0.15) is 5.60 Å². The Bertz CT molecular complexity index is 376. The van der Waals surface area contributed by atoms with Crippen LogP contribution in [0.1, 0.15) is 92.4 Å². The summed E-state index contributed by atoms with van der Waals surface area (Å²) in [7, 11) is 0. The van der Waals surface area contributed by atoms with E-state index in [4.69, 9.17) is 4.74 Å². The van der Waals surface area contributed by atoms with Crippen molar-refractivity contribution in [1.29, 1.82) is 0 Å². The second kappa shape index (κ2) is 6.93. The fourth-order valence-electron chi connectivity index (χ4n) is 4.73. The van der Waals surface area contributed by atoms with Gasteiger partial charge in [0.25, 0.3) is 0 Å². The van der Waals surface area contributed by atoms with E-state index in [0.29, 0.717) is 11.8 Å². The topological polar surface area (TPSA) is 26.3 Å². The molecule has 0 radical (unpaired) electrons. The van der Waals surface area contributed by atoms with E-state index < -0.39 is 0 Å². The summed E-state index contributed by atoms with van der Waals surface area (Å²) in [6, 6.07) is 0. The third-order valence-electron chi connectivity index (χ3n) is 6.13. The first-order valence-electron chi connectivity index (χ1n) is 9.42. The zero-order chi connectivity index (χ0) is 16.4. The first kappa shape index (κ1) is 17.8. The summed E-state index contributed by atoms with van der Waals surface area (Å²) < 4.78 is 5.34. The van der Waals surface area contributed by atoms with E-state index in [2.05, 4.69) is 13.8 Å². The second-order valence-electron chi connectivity index (χ2n) is 9.24. The normalized spacial score (nSPS) is 29.8. The number of carbonyl (C=O) groups is 1. The van der Waals surface area contributed by atoms with Crippen molar-refractivity contribution < 1.29 is 9.53 Å². The van der Waals surface area contributed by atoms with Crippen LogP contribution in [0.2, 0.25) is 0 Å². The average Bonchev–Trinajstić information content (AvgIpc) is 2.40. The van der Waals surface area contributed by atoms with E-state index in [9.17, 15) is 4.79 Å². The van der Waals surface area contributed by atoms with Gasteiger partial charge in [0.05, 0.1) is 0 Å². The lowest BCUT2D eigenvalue weighted by atomic mass is 9.45. The molecule has 0 amide bonds. The summed E-state index contributed by atoms with van der Waals surface area (Å²) >= 11 is 0. The zero-order valence-corrected chi connectivity index (χ0v) is 15.4. The molecule has 0 heterocycles. The highest BCUT2D eigenvalue weighted by Gasteiger charge is 2.53. The quantitative estimate of drug-likeness (QED) is 0.443. The summed E-state index contributed by atoms with van der Waals surface area (Å²) in [5, 5.41) is 0. The van der Waals surface area contributed by atoms with Crippen LogP contribution in [0.4, 0.5) is 0 Å². The van der Waals surface area contributed by atoms with Gasteiger partial charge in [-0.3, -0.25) is 4.79 Å². The lowest BCUT2D eigenvalue weighted by molar-refractivity contribution is -0.154. The van der Waals surface area contributed by atoms with E-state index >= 15 is 0 Å². The fraction of sp³-hybridized carbons (Fsp3) is 0.950. The van der Waals surface area contributed by atoms with Gasteiger partial charge in [-0.2, -0.15) is 0 Å². The molecule has 0 saturated heterocycles. The van der Waals surface area contributed by atoms with Gasteiger partial charge in [0, 0.05) is 6.42 Å². The van der Waals surface area contributed by atoms with E-state index in [0.717, 1.165) is 24.2 Å². The van der Waals surface area contributed by atoms with Gasteiger partial charge in [-0.25, -0.2) is 0 Å². The third kappa shape index (κ3) is 4.49. The molecule has 128 valence electrons. The third-order valence-corrected chi connectivity index (χ3v) is 6.13. The molecule has 3 rings (SSSR count). The molecule has 2 nitrogen and oxygen atoms in total. The lowest BCUT2D eigenvalue weighted by Gasteiger charge is -2.60. The average molecular weight is 309 g/mol. The molecule has 2 bridgehead atoms. The highest BCUT2D eigenvalue weighted by Crippen LogP contribution is 2.62.